The summed E-state index contributed by atoms with van der Waals surface area (Å²) in [6.07, 6.45) is 4.38. The van der Waals surface area contributed by atoms with Crippen LogP contribution in [0.3, 0.4) is 0 Å². The Morgan fingerprint density at radius 1 is 1.25 bits per heavy atom. The second kappa shape index (κ2) is 8.23. The first-order valence-corrected chi connectivity index (χ1v) is 11.7. The zero-order valence-corrected chi connectivity index (χ0v) is 19.4. The van der Waals surface area contributed by atoms with Crippen LogP contribution in [0.4, 0.5) is 4.79 Å². The van der Waals surface area contributed by atoms with Crippen molar-refractivity contribution in [1.82, 2.24) is 15.5 Å². The SMILES string of the molecule is COC(=O)[C@H](C[C@@H]1CCNC1=O)NC(=O)[C@@H]1CC(C23CC(C2)C3)CN1C(=O)OC(C)(C)C. The highest BCUT2D eigenvalue weighted by Gasteiger charge is 2.63. The number of rotatable bonds is 6. The molecule has 3 saturated carbocycles. The number of amides is 3. The molecule has 0 aromatic carbocycles. The van der Waals surface area contributed by atoms with Gasteiger partial charge in [-0.05, 0) is 76.5 Å². The predicted octanol–water partition coefficient (Wildman–Crippen LogP) is 1.60. The number of hydrogen-bond acceptors (Lipinski definition) is 6. The van der Waals surface area contributed by atoms with Crippen LogP contribution in [-0.4, -0.2) is 66.7 Å². The predicted molar refractivity (Wildman–Crippen MR) is 114 cm³/mol. The number of esters is 1. The number of methoxy groups -OCH3 is 1. The summed E-state index contributed by atoms with van der Waals surface area (Å²) in [6, 6.07) is -1.63. The van der Waals surface area contributed by atoms with Gasteiger partial charge in [0, 0.05) is 19.0 Å². The van der Waals surface area contributed by atoms with Gasteiger partial charge in [-0.1, -0.05) is 0 Å². The van der Waals surface area contributed by atoms with E-state index in [9.17, 15) is 19.2 Å². The molecule has 3 amide bonds. The van der Waals surface area contributed by atoms with Gasteiger partial charge in [0.25, 0.3) is 0 Å². The fourth-order valence-corrected chi connectivity index (χ4v) is 5.87. The van der Waals surface area contributed by atoms with Crippen molar-refractivity contribution in [1.29, 1.82) is 0 Å². The molecule has 4 atom stereocenters. The Labute approximate surface area is 188 Å². The average molecular weight is 450 g/mol. The first kappa shape index (κ1) is 22.9. The minimum atomic E-state index is -0.934. The number of nitrogens with one attached hydrogen (secondary N) is 2. The molecule has 0 aromatic rings. The number of carbonyl (C=O) groups is 4. The normalized spacial score (nSPS) is 34.1. The van der Waals surface area contributed by atoms with Crippen LogP contribution in [0.15, 0.2) is 0 Å². The molecule has 2 saturated heterocycles. The van der Waals surface area contributed by atoms with Crippen molar-refractivity contribution in [3.05, 3.63) is 0 Å². The average Bonchev–Trinajstić information content (AvgIpc) is 3.23. The van der Waals surface area contributed by atoms with E-state index in [1.165, 1.54) is 31.3 Å². The molecule has 0 radical (unpaired) electrons. The first-order chi connectivity index (χ1) is 15.0. The van der Waals surface area contributed by atoms with Crippen molar-refractivity contribution in [2.24, 2.45) is 23.2 Å². The molecule has 9 heteroatoms. The van der Waals surface area contributed by atoms with Crippen LogP contribution in [0.2, 0.25) is 0 Å². The highest BCUT2D eigenvalue weighted by atomic mass is 16.6. The Hall–Kier alpha value is -2.32. The third-order valence-corrected chi connectivity index (χ3v) is 7.67. The second-order valence-corrected chi connectivity index (χ2v) is 11.0. The maximum absolute atomic E-state index is 13.3. The molecule has 178 valence electrons. The zero-order valence-electron chi connectivity index (χ0n) is 19.4. The summed E-state index contributed by atoms with van der Waals surface area (Å²) in [7, 11) is 1.26. The van der Waals surface area contributed by atoms with Crippen LogP contribution in [0, 0.1) is 23.2 Å². The van der Waals surface area contributed by atoms with Gasteiger partial charge in [-0.3, -0.25) is 14.5 Å². The summed E-state index contributed by atoms with van der Waals surface area (Å²) in [5, 5.41) is 5.53. The molecule has 2 aliphatic heterocycles. The lowest BCUT2D eigenvalue weighted by atomic mass is 9.40. The van der Waals surface area contributed by atoms with Gasteiger partial charge in [0.2, 0.25) is 11.8 Å². The molecule has 2 bridgehead atoms. The van der Waals surface area contributed by atoms with Gasteiger partial charge in [-0.2, -0.15) is 0 Å². The van der Waals surface area contributed by atoms with Gasteiger partial charge >= 0.3 is 12.1 Å². The van der Waals surface area contributed by atoms with Gasteiger partial charge in [0.1, 0.15) is 17.7 Å². The largest absolute Gasteiger partial charge is 0.467 e. The number of ether oxygens (including phenoxy) is 2. The molecule has 1 unspecified atom stereocenters. The molecule has 32 heavy (non-hydrogen) atoms. The van der Waals surface area contributed by atoms with Gasteiger partial charge in [0.05, 0.1) is 7.11 Å². The van der Waals surface area contributed by atoms with Crippen molar-refractivity contribution < 1.29 is 28.7 Å². The van der Waals surface area contributed by atoms with Crippen LogP contribution in [0.5, 0.6) is 0 Å². The standard InChI is InChI=1S/C23H35N3O6/c1-22(2,3)32-21(30)26-12-15(23-9-13(10-23)11-23)8-17(26)19(28)25-16(20(29)31-4)7-14-5-6-24-18(14)27/h13-17H,5-12H2,1-4H3,(H,24,27)(H,25,28)/t13?,14-,15?,16-,17-,23?/m0/s1. The van der Waals surface area contributed by atoms with Crippen molar-refractivity contribution >= 4 is 23.9 Å². The molecule has 2 heterocycles. The van der Waals surface area contributed by atoms with E-state index >= 15 is 0 Å². The Balaban J connectivity index is 1.47. The third kappa shape index (κ3) is 4.30. The summed E-state index contributed by atoms with van der Waals surface area (Å²) in [5.74, 6) is -0.381. The summed E-state index contributed by atoms with van der Waals surface area (Å²) in [6.45, 7) is 6.45. The maximum atomic E-state index is 13.3. The minimum absolute atomic E-state index is 0.118. The van der Waals surface area contributed by atoms with Gasteiger partial charge in [-0.15, -0.1) is 0 Å². The molecule has 5 rings (SSSR count). The second-order valence-electron chi connectivity index (χ2n) is 11.0. The number of nitrogens with zero attached hydrogens (tertiary/aromatic N) is 1. The van der Waals surface area contributed by atoms with E-state index in [4.69, 9.17) is 9.47 Å². The van der Waals surface area contributed by atoms with Crippen LogP contribution in [-0.2, 0) is 23.9 Å². The molecular formula is C23H35N3O6. The quantitative estimate of drug-likeness (QED) is 0.596. The molecule has 2 N–H and O–H groups in total. The molecule has 0 spiro atoms. The van der Waals surface area contributed by atoms with Crippen LogP contribution < -0.4 is 10.6 Å². The van der Waals surface area contributed by atoms with Crippen LogP contribution >= 0.6 is 0 Å². The molecule has 5 aliphatic rings. The zero-order chi connectivity index (χ0) is 23.3. The highest BCUT2D eigenvalue weighted by molar-refractivity contribution is 5.90. The Morgan fingerprint density at radius 3 is 2.44 bits per heavy atom. The molecule has 0 aromatic heterocycles. The van der Waals surface area contributed by atoms with Crippen molar-refractivity contribution in [2.45, 2.75) is 77.0 Å². The minimum Gasteiger partial charge on any atom is -0.467 e. The van der Waals surface area contributed by atoms with Crippen molar-refractivity contribution in [3.63, 3.8) is 0 Å². The Morgan fingerprint density at radius 2 is 1.94 bits per heavy atom. The van der Waals surface area contributed by atoms with E-state index < -0.39 is 35.7 Å². The summed E-state index contributed by atoms with van der Waals surface area (Å²) < 4.78 is 10.5. The lowest BCUT2D eigenvalue weighted by Crippen LogP contribution is -2.56. The lowest BCUT2D eigenvalue weighted by Gasteiger charge is -2.65. The van der Waals surface area contributed by atoms with E-state index in [2.05, 4.69) is 10.6 Å². The van der Waals surface area contributed by atoms with Crippen LogP contribution in [0.1, 0.15) is 59.3 Å². The van der Waals surface area contributed by atoms with Gasteiger partial charge in [-0.25, -0.2) is 9.59 Å². The summed E-state index contributed by atoms with van der Waals surface area (Å²) >= 11 is 0. The van der Waals surface area contributed by atoms with Gasteiger partial charge < -0.3 is 20.1 Å². The topological polar surface area (TPSA) is 114 Å². The van der Waals surface area contributed by atoms with Crippen molar-refractivity contribution in [2.75, 3.05) is 20.2 Å². The smallest absolute Gasteiger partial charge is 0.410 e. The summed E-state index contributed by atoms with van der Waals surface area (Å²) in [5.41, 5.74) is -0.416. The summed E-state index contributed by atoms with van der Waals surface area (Å²) in [4.78, 5) is 52.2. The van der Waals surface area contributed by atoms with E-state index in [0.29, 0.717) is 25.9 Å². The Kier molecular flexibility index (Phi) is 5.88. The third-order valence-electron chi connectivity index (χ3n) is 7.67. The van der Waals surface area contributed by atoms with Crippen LogP contribution in [0.25, 0.3) is 0 Å². The monoisotopic (exact) mass is 449 g/mol. The number of hydrogen-bond donors (Lipinski definition) is 2. The number of carbonyl (C=O) groups excluding carboxylic acids is 4. The molecular weight excluding hydrogens is 414 g/mol. The number of likely N-dealkylation sites (tertiary alicyclic amines) is 1. The van der Waals surface area contributed by atoms with E-state index in [0.717, 1.165) is 5.92 Å². The van der Waals surface area contributed by atoms with E-state index in [1.807, 2.05) is 0 Å². The van der Waals surface area contributed by atoms with E-state index in [1.54, 1.807) is 20.8 Å². The molecule has 9 nitrogen and oxygen atoms in total. The molecule has 5 fully saturated rings. The van der Waals surface area contributed by atoms with Crippen molar-refractivity contribution in [3.8, 4) is 0 Å². The van der Waals surface area contributed by atoms with Gasteiger partial charge in [0.15, 0.2) is 0 Å². The fraction of sp³-hybridized carbons (Fsp3) is 0.826. The highest BCUT2D eigenvalue weighted by Crippen LogP contribution is 2.69. The maximum Gasteiger partial charge on any atom is 0.410 e. The first-order valence-electron chi connectivity index (χ1n) is 11.7. The van der Waals surface area contributed by atoms with E-state index in [-0.39, 0.29) is 29.6 Å². The lowest BCUT2D eigenvalue weighted by molar-refractivity contribution is -0.148. The fourth-order valence-electron chi connectivity index (χ4n) is 5.87. The molecule has 3 aliphatic carbocycles. The Bertz CT molecular complexity index is 789.